The number of Topliss-reactive ketones (excluding diaryl/α,β-unsaturated/α-hetero) is 1. The number of hydrogen-bond donors (Lipinski definition) is 0. The van der Waals surface area contributed by atoms with E-state index in [0.717, 1.165) is 0 Å². The summed E-state index contributed by atoms with van der Waals surface area (Å²) in [6.07, 6.45) is 0. The van der Waals surface area contributed by atoms with Gasteiger partial charge in [0.2, 0.25) is 5.78 Å². The smallest absolute Gasteiger partial charge is 0.202 e. The summed E-state index contributed by atoms with van der Waals surface area (Å²) in [5.74, 6) is 4.72. The first-order valence-corrected chi connectivity index (χ1v) is 1.70. The van der Waals surface area contributed by atoms with Gasteiger partial charge in [-0.05, 0) is 12.8 Å². The van der Waals surface area contributed by atoms with Crippen LogP contribution in [0.5, 0.6) is 0 Å². The van der Waals surface area contributed by atoms with Crippen LogP contribution in [-0.2, 0) is 4.79 Å². The number of carbonyl (C=O) groups is 1. The molecule has 0 aromatic carbocycles. The maximum Gasteiger partial charge on any atom is 0.202 e. The second kappa shape index (κ2) is 2.47. The van der Waals surface area contributed by atoms with Crippen molar-refractivity contribution in [2.24, 2.45) is 0 Å². The third kappa shape index (κ3) is 3.23. The van der Waals surface area contributed by atoms with E-state index in [1.807, 2.05) is 0 Å². The Kier molecular flexibility index (Phi) is 2.15. The van der Waals surface area contributed by atoms with Gasteiger partial charge in [-0.3, -0.25) is 4.79 Å². The van der Waals surface area contributed by atoms with E-state index in [1.54, 1.807) is 6.92 Å². The monoisotopic (exact) mass is 82.0 g/mol. The van der Waals surface area contributed by atoms with E-state index >= 15 is 0 Å². The lowest BCUT2D eigenvalue weighted by molar-refractivity contribution is -0.111. The summed E-state index contributed by atoms with van der Waals surface area (Å²) in [6, 6.07) is 0. The van der Waals surface area contributed by atoms with Gasteiger partial charge in [0, 0.05) is 6.92 Å². The Morgan fingerprint density at radius 2 is 2.17 bits per heavy atom. The molecule has 0 rings (SSSR count). The molecule has 0 unspecified atom stereocenters. The second-order valence-electron chi connectivity index (χ2n) is 0.931. The van der Waals surface area contributed by atoms with E-state index in [1.165, 1.54) is 6.92 Å². The van der Waals surface area contributed by atoms with Crippen LogP contribution >= 0.6 is 0 Å². The molecule has 0 N–H and O–H groups in total. The Morgan fingerprint density at radius 1 is 1.67 bits per heavy atom. The lowest BCUT2D eigenvalue weighted by Crippen LogP contribution is -1.77. The highest BCUT2D eigenvalue weighted by Gasteiger charge is 1.72. The van der Waals surface area contributed by atoms with Crippen LogP contribution in [0.25, 0.3) is 0 Å². The van der Waals surface area contributed by atoms with Crippen LogP contribution in [0.15, 0.2) is 0 Å². The molecule has 0 spiro atoms. The van der Waals surface area contributed by atoms with Gasteiger partial charge in [-0.25, -0.2) is 0 Å². The molecule has 1 heteroatoms. The average Bonchev–Trinajstić information content (AvgIpc) is 1.35. The van der Waals surface area contributed by atoms with Crippen LogP contribution in [0.2, 0.25) is 0 Å². The number of carbonyl (C=O) groups excluding carboxylic acids is 1. The lowest BCUT2D eigenvalue weighted by Gasteiger charge is -1.61. The number of hydrogen-bond acceptors (Lipinski definition) is 1. The van der Waals surface area contributed by atoms with Gasteiger partial charge < -0.3 is 0 Å². The first-order chi connectivity index (χ1) is 2.77. The fraction of sp³-hybridized carbons (Fsp3) is 0.400. The van der Waals surface area contributed by atoms with Gasteiger partial charge in [0.15, 0.2) is 0 Å². The second-order valence-corrected chi connectivity index (χ2v) is 0.931. The summed E-state index contributed by atoms with van der Waals surface area (Å²) in [5.41, 5.74) is 0. The molecule has 0 atom stereocenters. The van der Waals surface area contributed by atoms with Crippen molar-refractivity contribution in [2.45, 2.75) is 13.8 Å². The van der Waals surface area contributed by atoms with Crippen LogP contribution in [0, 0.1) is 11.8 Å². The Morgan fingerprint density at radius 3 is 2.17 bits per heavy atom. The summed E-state index contributed by atoms with van der Waals surface area (Å²) in [4.78, 5) is 9.87. The molecule has 0 aliphatic rings. The maximum absolute atomic E-state index is 9.87. The molecule has 0 saturated heterocycles. The van der Waals surface area contributed by atoms with Crippen molar-refractivity contribution >= 4 is 5.78 Å². The molecule has 0 fully saturated rings. The molecule has 0 aliphatic carbocycles. The van der Waals surface area contributed by atoms with Crippen molar-refractivity contribution in [3.63, 3.8) is 0 Å². The number of ketones is 1. The van der Waals surface area contributed by atoms with Gasteiger partial charge in [-0.1, -0.05) is 5.92 Å². The highest BCUT2D eigenvalue weighted by molar-refractivity contribution is 5.93. The first-order valence-electron chi connectivity index (χ1n) is 1.70. The van der Waals surface area contributed by atoms with Gasteiger partial charge in [0.1, 0.15) is 0 Å². The van der Waals surface area contributed by atoms with Gasteiger partial charge >= 0.3 is 0 Å². The molecule has 0 radical (unpaired) electrons. The zero-order valence-electron chi connectivity index (χ0n) is 3.91. The average molecular weight is 82.1 g/mol. The minimum Gasteiger partial charge on any atom is -0.285 e. The lowest BCUT2D eigenvalue weighted by atomic mass is 10.4. The molecule has 0 saturated carbocycles. The summed E-state index contributed by atoms with van der Waals surface area (Å²) in [5, 5.41) is 0. The third-order valence-corrected chi connectivity index (χ3v) is 0.301. The van der Waals surface area contributed by atoms with Crippen molar-refractivity contribution < 1.29 is 4.79 Å². The van der Waals surface area contributed by atoms with E-state index in [-0.39, 0.29) is 5.78 Å². The highest BCUT2D eigenvalue weighted by Crippen LogP contribution is 1.57. The summed E-state index contributed by atoms with van der Waals surface area (Å²) < 4.78 is 0. The van der Waals surface area contributed by atoms with E-state index in [2.05, 4.69) is 11.8 Å². The van der Waals surface area contributed by atoms with Crippen LogP contribution < -0.4 is 0 Å². The predicted octanol–water partition coefficient (Wildman–Crippen LogP) is 0.599. The molecular formula is C5H6O. The third-order valence-electron chi connectivity index (χ3n) is 0.301. The van der Waals surface area contributed by atoms with Gasteiger partial charge in [0.25, 0.3) is 0 Å². The zero-order valence-corrected chi connectivity index (χ0v) is 3.91. The molecular weight excluding hydrogens is 76.1 g/mol. The molecule has 0 amide bonds. The van der Waals surface area contributed by atoms with Crippen molar-refractivity contribution in [2.75, 3.05) is 0 Å². The highest BCUT2D eigenvalue weighted by atomic mass is 16.1. The standard InChI is InChI=1S/C5H6O/c1-3-4-5(2)6/h1-2H3. The van der Waals surface area contributed by atoms with Crippen molar-refractivity contribution in [1.82, 2.24) is 0 Å². The van der Waals surface area contributed by atoms with Crippen molar-refractivity contribution in [1.29, 1.82) is 0 Å². The quantitative estimate of drug-likeness (QED) is 0.309. The van der Waals surface area contributed by atoms with Gasteiger partial charge in [-0.2, -0.15) is 0 Å². The minimum atomic E-state index is -0.0718. The van der Waals surface area contributed by atoms with E-state index in [0.29, 0.717) is 0 Å². The topological polar surface area (TPSA) is 17.1 Å². The van der Waals surface area contributed by atoms with Crippen molar-refractivity contribution in [3.8, 4) is 11.8 Å². The Balaban J connectivity index is 3.50. The molecule has 6 heavy (non-hydrogen) atoms. The Hall–Kier alpha value is -0.770. The molecule has 0 heterocycles. The summed E-state index contributed by atoms with van der Waals surface area (Å²) >= 11 is 0. The van der Waals surface area contributed by atoms with Crippen LogP contribution in [0.4, 0.5) is 0 Å². The zero-order chi connectivity index (χ0) is 4.99. The minimum absolute atomic E-state index is 0.0718. The molecule has 32 valence electrons. The van der Waals surface area contributed by atoms with Crippen LogP contribution in [-0.4, -0.2) is 5.78 Å². The van der Waals surface area contributed by atoms with Gasteiger partial charge in [0.05, 0.1) is 0 Å². The number of rotatable bonds is 0. The maximum atomic E-state index is 9.87. The summed E-state index contributed by atoms with van der Waals surface area (Å²) in [7, 11) is 0. The molecule has 0 aromatic heterocycles. The van der Waals surface area contributed by atoms with Crippen LogP contribution in [0.3, 0.4) is 0 Å². The van der Waals surface area contributed by atoms with Gasteiger partial charge in [-0.15, -0.1) is 0 Å². The summed E-state index contributed by atoms with van der Waals surface area (Å²) in [6.45, 7) is 3.08. The van der Waals surface area contributed by atoms with Crippen molar-refractivity contribution in [3.05, 3.63) is 0 Å². The van der Waals surface area contributed by atoms with E-state index in [4.69, 9.17) is 0 Å². The van der Waals surface area contributed by atoms with E-state index < -0.39 is 0 Å². The fourth-order valence-electron chi connectivity index (χ4n) is 0.176. The normalized spacial score (nSPS) is 5.67. The Labute approximate surface area is 37.4 Å². The first kappa shape index (κ1) is 5.23. The predicted molar refractivity (Wildman–Crippen MR) is 24.1 cm³/mol. The van der Waals surface area contributed by atoms with Crippen LogP contribution in [0.1, 0.15) is 13.8 Å². The molecule has 0 bridgehead atoms. The molecule has 0 aliphatic heterocycles. The fourth-order valence-corrected chi connectivity index (χ4v) is 0.176. The SMILES string of the molecule is CC#CC(C)=O. The molecule has 0 aromatic rings. The largest absolute Gasteiger partial charge is 0.285 e. The molecule has 1 nitrogen and oxygen atoms in total. The van der Waals surface area contributed by atoms with E-state index in [9.17, 15) is 4.79 Å². The Bertz CT molecular complexity index is 103.